The van der Waals surface area contributed by atoms with Crippen molar-refractivity contribution in [3.05, 3.63) is 48.4 Å². The van der Waals surface area contributed by atoms with E-state index >= 15 is 0 Å². The molecular formula is C14H13N3S. The summed E-state index contributed by atoms with van der Waals surface area (Å²) in [6.07, 6.45) is 3.87. The summed E-state index contributed by atoms with van der Waals surface area (Å²) in [6.45, 7) is 2.03. The molecule has 1 aromatic carbocycles. The Morgan fingerprint density at radius 3 is 2.83 bits per heavy atom. The summed E-state index contributed by atoms with van der Waals surface area (Å²) < 4.78 is 0. The number of aromatic amines is 1. The lowest BCUT2D eigenvalue weighted by molar-refractivity contribution is 1.27. The highest BCUT2D eigenvalue weighted by molar-refractivity contribution is 7.18. The quantitative estimate of drug-likeness (QED) is 0.686. The van der Waals surface area contributed by atoms with Crippen LogP contribution < -0.4 is 5.73 Å². The third kappa shape index (κ3) is 1.91. The van der Waals surface area contributed by atoms with E-state index in [-0.39, 0.29) is 0 Å². The maximum Gasteiger partial charge on any atom is 0.125 e. The van der Waals surface area contributed by atoms with Gasteiger partial charge in [-0.3, -0.25) is 0 Å². The maximum atomic E-state index is 5.83. The molecule has 3 N–H and O–H groups in total. The summed E-state index contributed by atoms with van der Waals surface area (Å²) in [6, 6.07) is 9.95. The van der Waals surface area contributed by atoms with E-state index in [9.17, 15) is 0 Å². The molecule has 0 saturated heterocycles. The smallest absolute Gasteiger partial charge is 0.125 e. The van der Waals surface area contributed by atoms with Gasteiger partial charge in [-0.25, -0.2) is 4.98 Å². The van der Waals surface area contributed by atoms with E-state index in [1.165, 1.54) is 4.88 Å². The summed E-state index contributed by atoms with van der Waals surface area (Å²) >= 11 is 1.69. The van der Waals surface area contributed by atoms with Crippen molar-refractivity contribution in [1.29, 1.82) is 0 Å². The summed E-state index contributed by atoms with van der Waals surface area (Å²) in [5.41, 5.74) is 9.91. The van der Waals surface area contributed by atoms with E-state index in [1.807, 2.05) is 43.6 Å². The number of nitrogen functional groups attached to an aromatic ring is 1. The van der Waals surface area contributed by atoms with Gasteiger partial charge >= 0.3 is 0 Å². The lowest BCUT2D eigenvalue weighted by atomic mass is 10.1. The molecule has 0 unspecified atom stereocenters. The van der Waals surface area contributed by atoms with Crippen molar-refractivity contribution in [2.75, 3.05) is 5.73 Å². The van der Waals surface area contributed by atoms with Crippen molar-refractivity contribution < 1.29 is 0 Å². The molecule has 0 aliphatic rings. The molecule has 0 saturated carbocycles. The normalized spacial score (nSPS) is 10.7. The Balaban J connectivity index is 2.09. The Morgan fingerprint density at radius 1 is 1.22 bits per heavy atom. The lowest BCUT2D eigenvalue weighted by Gasteiger charge is -1.99. The SMILES string of the molecule is Cc1nc(-c2cc[nH]c2)sc1-c1cccc(N)c1. The Labute approximate surface area is 109 Å². The molecule has 0 amide bonds. The number of hydrogen-bond donors (Lipinski definition) is 2. The zero-order valence-electron chi connectivity index (χ0n) is 9.97. The number of aromatic nitrogens is 2. The van der Waals surface area contributed by atoms with Gasteiger partial charge < -0.3 is 10.7 Å². The number of anilines is 1. The highest BCUT2D eigenvalue weighted by atomic mass is 32.1. The van der Waals surface area contributed by atoms with Gasteiger partial charge in [0.1, 0.15) is 5.01 Å². The molecule has 0 aliphatic carbocycles. The second-order valence-corrected chi connectivity index (χ2v) is 5.16. The van der Waals surface area contributed by atoms with E-state index in [2.05, 4.69) is 16.0 Å². The van der Waals surface area contributed by atoms with Crippen LogP contribution >= 0.6 is 11.3 Å². The Hall–Kier alpha value is -2.07. The van der Waals surface area contributed by atoms with Crippen molar-refractivity contribution in [2.24, 2.45) is 0 Å². The van der Waals surface area contributed by atoms with E-state index in [1.54, 1.807) is 11.3 Å². The fourth-order valence-electron chi connectivity index (χ4n) is 1.92. The van der Waals surface area contributed by atoms with Crippen LogP contribution in [0.2, 0.25) is 0 Å². The van der Waals surface area contributed by atoms with Crippen molar-refractivity contribution in [3.63, 3.8) is 0 Å². The molecule has 3 aromatic rings. The van der Waals surface area contributed by atoms with E-state index in [4.69, 9.17) is 5.73 Å². The van der Waals surface area contributed by atoms with Crippen LogP contribution in [0.1, 0.15) is 5.69 Å². The lowest BCUT2D eigenvalue weighted by Crippen LogP contribution is -1.84. The molecule has 0 spiro atoms. The number of benzene rings is 1. The Kier molecular flexibility index (Phi) is 2.64. The molecule has 0 atom stereocenters. The van der Waals surface area contributed by atoms with E-state index < -0.39 is 0 Å². The maximum absolute atomic E-state index is 5.83. The number of nitrogens with two attached hydrogens (primary N) is 1. The van der Waals surface area contributed by atoms with Gasteiger partial charge in [-0.1, -0.05) is 12.1 Å². The van der Waals surface area contributed by atoms with Crippen LogP contribution in [-0.2, 0) is 0 Å². The number of H-pyrrole nitrogens is 1. The van der Waals surface area contributed by atoms with Gasteiger partial charge in [0.2, 0.25) is 0 Å². The summed E-state index contributed by atoms with van der Waals surface area (Å²) in [5, 5.41) is 1.03. The summed E-state index contributed by atoms with van der Waals surface area (Å²) in [7, 11) is 0. The highest BCUT2D eigenvalue weighted by Crippen LogP contribution is 2.35. The molecule has 3 nitrogen and oxygen atoms in total. The summed E-state index contributed by atoms with van der Waals surface area (Å²) in [5.74, 6) is 0. The van der Waals surface area contributed by atoms with E-state index in [0.717, 1.165) is 27.5 Å². The van der Waals surface area contributed by atoms with Crippen molar-refractivity contribution >= 4 is 17.0 Å². The second kappa shape index (κ2) is 4.31. The first kappa shape index (κ1) is 11.0. The number of nitrogens with zero attached hydrogens (tertiary/aromatic N) is 1. The van der Waals surface area contributed by atoms with Crippen LogP contribution in [0, 0.1) is 6.92 Å². The van der Waals surface area contributed by atoms with Gasteiger partial charge in [0, 0.05) is 23.6 Å². The predicted octanol–water partition coefficient (Wildman–Crippen LogP) is 3.70. The fraction of sp³-hybridized carbons (Fsp3) is 0.0714. The molecule has 4 heteroatoms. The van der Waals surface area contributed by atoms with Crippen molar-refractivity contribution in [2.45, 2.75) is 6.92 Å². The largest absolute Gasteiger partial charge is 0.399 e. The van der Waals surface area contributed by atoms with Gasteiger partial charge in [-0.15, -0.1) is 11.3 Å². The van der Waals surface area contributed by atoms with E-state index in [0.29, 0.717) is 0 Å². The number of nitrogens with one attached hydrogen (secondary N) is 1. The van der Waals surface area contributed by atoms with Crippen molar-refractivity contribution in [3.8, 4) is 21.0 Å². The highest BCUT2D eigenvalue weighted by Gasteiger charge is 2.11. The van der Waals surface area contributed by atoms with Gasteiger partial charge in [0.05, 0.1) is 10.6 Å². The van der Waals surface area contributed by atoms with Gasteiger partial charge in [-0.05, 0) is 30.7 Å². The van der Waals surface area contributed by atoms with Crippen LogP contribution in [-0.4, -0.2) is 9.97 Å². The topological polar surface area (TPSA) is 54.7 Å². The number of aryl methyl sites for hydroxylation is 1. The Morgan fingerprint density at radius 2 is 2.11 bits per heavy atom. The first-order chi connectivity index (χ1) is 8.74. The molecule has 0 aliphatic heterocycles. The van der Waals surface area contributed by atoms with Crippen LogP contribution in [0.5, 0.6) is 0 Å². The predicted molar refractivity (Wildman–Crippen MR) is 76.5 cm³/mol. The first-order valence-electron chi connectivity index (χ1n) is 5.70. The molecule has 2 heterocycles. The van der Waals surface area contributed by atoms with Crippen LogP contribution in [0.15, 0.2) is 42.7 Å². The minimum atomic E-state index is 0.781. The van der Waals surface area contributed by atoms with Gasteiger partial charge in [0.25, 0.3) is 0 Å². The molecule has 90 valence electrons. The minimum Gasteiger partial charge on any atom is -0.399 e. The second-order valence-electron chi connectivity index (χ2n) is 4.16. The third-order valence-electron chi connectivity index (χ3n) is 2.79. The van der Waals surface area contributed by atoms with Gasteiger partial charge in [-0.2, -0.15) is 0 Å². The van der Waals surface area contributed by atoms with Crippen LogP contribution in [0.3, 0.4) is 0 Å². The summed E-state index contributed by atoms with van der Waals surface area (Å²) in [4.78, 5) is 8.85. The molecule has 3 rings (SSSR count). The molecule has 0 fully saturated rings. The van der Waals surface area contributed by atoms with Crippen LogP contribution in [0.25, 0.3) is 21.0 Å². The number of rotatable bonds is 2. The average molecular weight is 255 g/mol. The third-order valence-corrected chi connectivity index (χ3v) is 4.05. The number of thiazole rings is 1. The monoisotopic (exact) mass is 255 g/mol. The van der Waals surface area contributed by atoms with Crippen LogP contribution in [0.4, 0.5) is 5.69 Å². The molecule has 0 bridgehead atoms. The zero-order valence-corrected chi connectivity index (χ0v) is 10.8. The molecule has 0 radical (unpaired) electrons. The Bertz CT molecular complexity index is 668. The molecular weight excluding hydrogens is 242 g/mol. The van der Waals surface area contributed by atoms with Gasteiger partial charge in [0.15, 0.2) is 0 Å². The molecule has 2 aromatic heterocycles. The fourth-order valence-corrected chi connectivity index (χ4v) is 2.98. The first-order valence-corrected chi connectivity index (χ1v) is 6.52. The zero-order chi connectivity index (χ0) is 12.5. The van der Waals surface area contributed by atoms with Crippen molar-refractivity contribution in [1.82, 2.24) is 9.97 Å². The average Bonchev–Trinajstić information content (AvgIpc) is 2.97. The standard InChI is InChI=1S/C14H13N3S/c1-9-13(10-3-2-4-12(15)7-10)18-14(17-9)11-5-6-16-8-11/h2-8,16H,15H2,1H3. The minimum absolute atomic E-state index is 0.781. The number of hydrogen-bond acceptors (Lipinski definition) is 3. The molecule has 18 heavy (non-hydrogen) atoms.